The molecule has 22 nitrogen and oxygen atoms in total. The van der Waals surface area contributed by atoms with Crippen molar-refractivity contribution in [3.05, 3.63) is 102 Å². The van der Waals surface area contributed by atoms with Crippen LogP contribution >= 0.6 is 0 Å². The lowest BCUT2D eigenvalue weighted by molar-refractivity contribution is -0.165. The molecule has 2 aliphatic heterocycles. The second kappa shape index (κ2) is 31.0. The summed E-state index contributed by atoms with van der Waals surface area (Å²) >= 11 is 0. The van der Waals surface area contributed by atoms with Crippen molar-refractivity contribution in [2.45, 2.75) is 115 Å². The van der Waals surface area contributed by atoms with Crippen molar-refractivity contribution in [3.63, 3.8) is 0 Å². The number of hydrogen-bond donors (Lipinski definition) is 2. The number of carbonyl (C=O) groups excluding carboxylic acids is 9. The number of likely N-dealkylation sites (N-methyl/N-ethyl adjacent to an activating group) is 3. The highest BCUT2D eigenvalue weighted by Crippen LogP contribution is 2.33. The molecule has 1 saturated heterocycles. The number of nitrogens with one attached hydrogen (secondary N) is 2. The number of cyclic esters (lactones) is 2. The number of carbonyl (C=O) groups is 9. The third-order valence-electron chi connectivity index (χ3n) is 14.2. The Hall–Kier alpha value is -7.85. The van der Waals surface area contributed by atoms with E-state index in [-0.39, 0.29) is 57.7 Å². The smallest absolute Gasteiger partial charge is 0.330 e. The third-order valence-corrected chi connectivity index (χ3v) is 14.2. The average molecular weight is 1160 g/mol. The number of fused-ring (bicyclic) bond motifs is 3. The number of esters is 2. The highest BCUT2D eigenvalue weighted by Gasteiger charge is 2.43. The summed E-state index contributed by atoms with van der Waals surface area (Å²) in [5, 5.41) is 5.54. The fourth-order valence-corrected chi connectivity index (χ4v) is 9.19. The molecule has 0 saturated carbocycles. The van der Waals surface area contributed by atoms with Crippen LogP contribution in [-0.2, 0) is 68.5 Å². The van der Waals surface area contributed by atoms with Gasteiger partial charge in [-0.25, -0.2) is 9.59 Å². The second-order valence-corrected chi connectivity index (χ2v) is 22.2. The Kier molecular flexibility index (Phi) is 24.6. The quantitative estimate of drug-likeness (QED) is 0.195. The molecule has 83 heavy (non-hydrogen) atoms. The SMILES string of the molecule is COCC[C@@H]1NC(=O)[C@H](COC(C)(C)C)N(C)C(=O)C(c2ccccc2)NC(=O)CN(C)C(=O)COc2cccc(c2)[C@@H](CCc2ccc(OC)c(OC)c2)OC(=O)[C@@H]2CCCCN2C(=O)C(=O)C(C)(C)COC(=O)C=CCCN(C)C1=O. The second-order valence-electron chi connectivity index (χ2n) is 22.2. The van der Waals surface area contributed by atoms with Gasteiger partial charge in [0.1, 0.15) is 42.6 Å². The van der Waals surface area contributed by atoms with Crippen molar-refractivity contribution in [1.29, 1.82) is 0 Å². The van der Waals surface area contributed by atoms with Crippen LogP contribution in [0.3, 0.4) is 0 Å². The van der Waals surface area contributed by atoms with Gasteiger partial charge in [0.2, 0.25) is 29.4 Å². The zero-order valence-corrected chi connectivity index (χ0v) is 49.7. The molecule has 3 aromatic carbocycles. The fraction of sp³-hybridized carbons (Fsp3) is 0.525. The van der Waals surface area contributed by atoms with Crippen LogP contribution in [0, 0.1) is 5.41 Å². The Morgan fingerprint density at radius 3 is 2.14 bits per heavy atom. The number of methoxy groups -OCH3 is 3. The van der Waals surface area contributed by atoms with E-state index in [1.165, 1.54) is 72.2 Å². The van der Waals surface area contributed by atoms with E-state index in [4.69, 9.17) is 33.2 Å². The van der Waals surface area contributed by atoms with Crippen molar-refractivity contribution >= 4 is 53.2 Å². The summed E-state index contributed by atoms with van der Waals surface area (Å²) in [6, 6.07) is 15.5. The molecule has 1 unspecified atom stereocenters. The van der Waals surface area contributed by atoms with E-state index in [0.717, 1.165) is 21.4 Å². The number of Topliss-reactive ketones (excluding diaryl/α,β-unsaturated/α-hetero) is 1. The molecule has 0 aliphatic carbocycles. The summed E-state index contributed by atoms with van der Waals surface area (Å²) in [4.78, 5) is 131. The van der Waals surface area contributed by atoms with Crippen molar-refractivity contribution in [2.24, 2.45) is 5.41 Å². The molecular formula is C61H82N6O16. The summed E-state index contributed by atoms with van der Waals surface area (Å²) in [5.41, 5.74) is -0.578. The van der Waals surface area contributed by atoms with E-state index in [1.54, 1.807) is 81.4 Å². The molecule has 0 radical (unpaired) electrons. The van der Waals surface area contributed by atoms with Crippen molar-refractivity contribution < 1.29 is 76.3 Å². The van der Waals surface area contributed by atoms with Gasteiger partial charge >= 0.3 is 11.9 Å². The molecule has 3 aromatic rings. The first-order valence-electron chi connectivity index (χ1n) is 27.7. The van der Waals surface area contributed by atoms with Gasteiger partial charge in [-0.15, -0.1) is 0 Å². The van der Waals surface area contributed by atoms with Crippen LogP contribution in [-0.4, -0.2) is 185 Å². The maximum atomic E-state index is 14.7. The molecule has 0 spiro atoms. The molecule has 2 bridgehead atoms. The first-order valence-corrected chi connectivity index (χ1v) is 27.7. The summed E-state index contributed by atoms with van der Waals surface area (Å²) in [5.74, 6) is -5.36. The number of aryl methyl sites for hydroxylation is 1. The van der Waals surface area contributed by atoms with Gasteiger partial charge in [-0.1, -0.05) is 54.6 Å². The Morgan fingerprint density at radius 2 is 1.46 bits per heavy atom. The Labute approximate surface area is 486 Å². The molecule has 452 valence electrons. The van der Waals surface area contributed by atoms with Crippen molar-refractivity contribution in [2.75, 3.05) is 88.5 Å². The van der Waals surface area contributed by atoms with E-state index in [9.17, 15) is 43.2 Å². The van der Waals surface area contributed by atoms with E-state index in [0.29, 0.717) is 41.9 Å². The maximum Gasteiger partial charge on any atom is 0.330 e. The van der Waals surface area contributed by atoms with Gasteiger partial charge in [-0.2, -0.15) is 0 Å². The molecular weight excluding hydrogens is 1070 g/mol. The van der Waals surface area contributed by atoms with Crippen LogP contribution in [0.4, 0.5) is 0 Å². The Balaban J connectivity index is 1.49. The number of nitrogens with zero attached hydrogens (tertiary/aromatic N) is 4. The molecule has 5 rings (SSSR count). The average Bonchev–Trinajstić information content (AvgIpc) is 3.50. The van der Waals surface area contributed by atoms with Gasteiger partial charge < -0.3 is 63.4 Å². The number of rotatable bonds is 11. The minimum atomic E-state index is -1.51. The van der Waals surface area contributed by atoms with Crippen LogP contribution in [0.1, 0.15) is 102 Å². The summed E-state index contributed by atoms with van der Waals surface area (Å²) in [6.45, 7) is 6.72. The summed E-state index contributed by atoms with van der Waals surface area (Å²) < 4.78 is 40.1. The first-order chi connectivity index (χ1) is 39.4. The largest absolute Gasteiger partial charge is 0.493 e. The maximum absolute atomic E-state index is 14.7. The lowest BCUT2D eigenvalue weighted by Gasteiger charge is -2.36. The zero-order chi connectivity index (χ0) is 61.0. The molecule has 22 heteroatoms. The van der Waals surface area contributed by atoms with Gasteiger partial charge in [-0.3, -0.25) is 33.6 Å². The van der Waals surface area contributed by atoms with Crippen molar-refractivity contribution in [3.8, 4) is 17.2 Å². The van der Waals surface area contributed by atoms with Crippen LogP contribution in [0.15, 0.2) is 84.9 Å². The molecule has 2 aliphatic rings. The van der Waals surface area contributed by atoms with Gasteiger partial charge in [0.05, 0.1) is 38.4 Å². The minimum absolute atomic E-state index is 0.0487. The van der Waals surface area contributed by atoms with Crippen LogP contribution < -0.4 is 24.8 Å². The lowest BCUT2D eigenvalue weighted by atomic mass is 9.87. The normalized spacial score (nSPS) is 22.1. The van der Waals surface area contributed by atoms with Gasteiger partial charge in [0.15, 0.2) is 18.1 Å². The molecule has 6 amide bonds. The van der Waals surface area contributed by atoms with Crippen molar-refractivity contribution in [1.82, 2.24) is 30.2 Å². The zero-order valence-electron chi connectivity index (χ0n) is 49.7. The van der Waals surface area contributed by atoms with E-state index in [2.05, 4.69) is 10.6 Å². The summed E-state index contributed by atoms with van der Waals surface area (Å²) in [7, 11) is 8.80. The standard InChI is InChI=1S/C61H82N6O16/c1-60(2,3)82-37-46-55(72)62-44(30-33-77-9)56(73)64(6)31-17-16-25-52(70)81-39-61(4,5)54(71)58(75)67-32-18-15-24-45(67)59(76)83-47(28-26-40-27-29-48(78-10)49(34-40)79-11)42-22-19-23-43(35-42)80-38-51(69)65(7)36-50(68)63-53(57(74)66(46)8)41-20-13-12-14-21-41/h12-14,16,19-23,25,27,29,34-35,44-47,53H,15,17-18,24,26,28,30-33,36-39H2,1-11H3,(H,62,72)(H,63,68)/t44-,45-,46-,47+,53?/m0/s1. The van der Waals surface area contributed by atoms with Gasteiger partial charge in [0, 0.05) is 54.0 Å². The fourth-order valence-electron chi connectivity index (χ4n) is 9.19. The van der Waals surface area contributed by atoms with Gasteiger partial charge in [0.25, 0.3) is 11.8 Å². The van der Waals surface area contributed by atoms with E-state index < -0.39 is 114 Å². The van der Waals surface area contributed by atoms with E-state index >= 15 is 0 Å². The highest BCUT2D eigenvalue weighted by molar-refractivity contribution is 6.38. The van der Waals surface area contributed by atoms with Crippen LogP contribution in [0.2, 0.25) is 0 Å². The topological polar surface area (TPSA) is 255 Å². The molecule has 2 heterocycles. The number of amides is 6. The number of benzene rings is 3. The summed E-state index contributed by atoms with van der Waals surface area (Å²) in [6.07, 6.45) is 3.83. The lowest BCUT2D eigenvalue weighted by Crippen LogP contribution is -2.58. The third kappa shape index (κ3) is 19.4. The molecule has 5 atom stereocenters. The first kappa shape index (κ1) is 66.0. The number of piperidine rings is 1. The predicted molar refractivity (Wildman–Crippen MR) is 305 cm³/mol. The van der Waals surface area contributed by atoms with Crippen LogP contribution in [0.25, 0.3) is 0 Å². The number of ketones is 1. The number of ether oxygens (including phenoxy) is 7. The monoisotopic (exact) mass is 1150 g/mol. The molecule has 0 aromatic heterocycles. The predicted octanol–water partition coefficient (Wildman–Crippen LogP) is 4.72. The van der Waals surface area contributed by atoms with Gasteiger partial charge in [-0.05, 0) is 121 Å². The number of hydrogen-bond acceptors (Lipinski definition) is 16. The molecule has 1 fully saturated rings. The molecule has 2 N–H and O–H groups in total. The highest BCUT2D eigenvalue weighted by atomic mass is 16.5. The van der Waals surface area contributed by atoms with E-state index in [1.807, 2.05) is 12.1 Å². The minimum Gasteiger partial charge on any atom is -0.493 e. The Bertz CT molecular complexity index is 2780. The van der Waals surface area contributed by atoms with Crippen LogP contribution in [0.5, 0.6) is 17.2 Å². The Morgan fingerprint density at radius 1 is 0.747 bits per heavy atom.